The second kappa shape index (κ2) is 4.30. The molecule has 0 saturated heterocycles. The summed E-state index contributed by atoms with van der Waals surface area (Å²) in [7, 11) is 1.32. The zero-order valence-electron chi connectivity index (χ0n) is 8.72. The Morgan fingerprint density at radius 2 is 2.36 bits per heavy atom. The molecule has 0 saturated carbocycles. The first-order valence-corrected chi connectivity index (χ1v) is 4.49. The van der Waals surface area contributed by atoms with Crippen molar-refractivity contribution in [1.82, 2.24) is 0 Å². The lowest BCUT2D eigenvalue weighted by atomic mass is 10.0. The van der Waals surface area contributed by atoms with Crippen LogP contribution in [0.3, 0.4) is 0 Å². The van der Waals surface area contributed by atoms with Crippen LogP contribution in [-0.4, -0.2) is 25.3 Å². The largest absolute Gasteiger partial charge is 0.459 e. The molecule has 3 heteroatoms. The highest BCUT2D eigenvalue weighted by atomic mass is 16.5. The fourth-order valence-electron chi connectivity index (χ4n) is 1.24. The van der Waals surface area contributed by atoms with Gasteiger partial charge in [0.25, 0.3) is 0 Å². The molecule has 0 aromatic heterocycles. The number of esters is 1. The van der Waals surface area contributed by atoms with Gasteiger partial charge in [-0.15, -0.1) is 0 Å². The highest BCUT2D eigenvalue weighted by Gasteiger charge is 2.19. The van der Waals surface area contributed by atoms with Gasteiger partial charge in [-0.3, -0.25) is 0 Å². The van der Waals surface area contributed by atoms with Crippen LogP contribution in [0.25, 0.3) is 0 Å². The van der Waals surface area contributed by atoms with Gasteiger partial charge in [0.15, 0.2) is 0 Å². The Balaban J connectivity index is 2.73. The van der Waals surface area contributed by atoms with Gasteiger partial charge >= 0.3 is 5.97 Å². The smallest absolute Gasteiger partial charge is 0.384 e. The quantitative estimate of drug-likeness (QED) is 0.331. The third-order valence-electron chi connectivity index (χ3n) is 1.88. The zero-order valence-corrected chi connectivity index (χ0v) is 8.72. The predicted octanol–water partition coefficient (Wildman–Crippen LogP) is 1.29. The van der Waals surface area contributed by atoms with E-state index in [0.29, 0.717) is 6.61 Å². The first kappa shape index (κ1) is 10.8. The van der Waals surface area contributed by atoms with Gasteiger partial charge in [-0.05, 0) is 19.9 Å². The van der Waals surface area contributed by atoms with Crippen LogP contribution in [0.4, 0.5) is 0 Å². The van der Waals surface area contributed by atoms with E-state index in [1.165, 1.54) is 7.11 Å². The molecule has 0 aromatic carbocycles. The van der Waals surface area contributed by atoms with E-state index in [-0.39, 0.29) is 5.60 Å². The third kappa shape index (κ3) is 3.23. The van der Waals surface area contributed by atoms with Crippen molar-refractivity contribution in [3.63, 3.8) is 0 Å². The molecule has 0 fully saturated rings. The van der Waals surface area contributed by atoms with Gasteiger partial charge in [-0.2, -0.15) is 0 Å². The summed E-state index contributed by atoms with van der Waals surface area (Å²) in [6, 6.07) is 0. The Morgan fingerprint density at radius 1 is 1.64 bits per heavy atom. The van der Waals surface area contributed by atoms with E-state index in [2.05, 4.69) is 16.6 Å². The van der Waals surface area contributed by atoms with Crippen molar-refractivity contribution in [2.24, 2.45) is 0 Å². The minimum Gasteiger partial charge on any atom is -0.459 e. The van der Waals surface area contributed by atoms with Crippen molar-refractivity contribution >= 4 is 5.97 Å². The van der Waals surface area contributed by atoms with E-state index in [0.717, 1.165) is 12.0 Å². The monoisotopic (exact) mass is 194 g/mol. The minimum atomic E-state index is -0.504. The maximum absolute atomic E-state index is 10.8. The Labute approximate surface area is 84.1 Å². The molecule has 0 unspecified atom stereocenters. The van der Waals surface area contributed by atoms with E-state index in [1.807, 2.05) is 19.9 Å². The van der Waals surface area contributed by atoms with Crippen LogP contribution in [-0.2, 0) is 14.3 Å². The molecule has 1 aliphatic rings. The first-order chi connectivity index (χ1) is 6.53. The molecule has 1 aliphatic heterocycles. The van der Waals surface area contributed by atoms with Gasteiger partial charge in [0.1, 0.15) is 0 Å². The summed E-state index contributed by atoms with van der Waals surface area (Å²) in [4.78, 5) is 10.8. The first-order valence-electron chi connectivity index (χ1n) is 4.49. The average molecular weight is 194 g/mol. The van der Waals surface area contributed by atoms with Crippen molar-refractivity contribution < 1.29 is 14.3 Å². The van der Waals surface area contributed by atoms with Crippen molar-refractivity contribution in [1.29, 1.82) is 0 Å². The van der Waals surface area contributed by atoms with Crippen LogP contribution in [0, 0.1) is 11.8 Å². The summed E-state index contributed by atoms with van der Waals surface area (Å²) in [5.74, 6) is 4.68. The van der Waals surface area contributed by atoms with Crippen molar-refractivity contribution in [3.8, 4) is 11.8 Å². The summed E-state index contributed by atoms with van der Waals surface area (Å²) < 4.78 is 9.89. The molecule has 14 heavy (non-hydrogen) atoms. The lowest BCUT2D eigenvalue weighted by molar-refractivity contribution is -0.133. The molecule has 0 radical (unpaired) electrons. The molecule has 0 N–H and O–H groups in total. The molecular formula is C11H14O3. The summed E-state index contributed by atoms with van der Waals surface area (Å²) in [5.41, 5.74) is 0.657. The van der Waals surface area contributed by atoms with Crippen LogP contribution >= 0.6 is 0 Å². The van der Waals surface area contributed by atoms with Gasteiger partial charge in [-0.1, -0.05) is 5.92 Å². The molecule has 76 valence electrons. The predicted molar refractivity (Wildman–Crippen MR) is 52.5 cm³/mol. The second-order valence-electron chi connectivity index (χ2n) is 3.61. The molecule has 0 aromatic rings. The lowest BCUT2D eigenvalue weighted by Gasteiger charge is -2.26. The molecule has 1 heterocycles. The second-order valence-corrected chi connectivity index (χ2v) is 3.61. The van der Waals surface area contributed by atoms with Gasteiger partial charge in [-0.25, -0.2) is 4.79 Å². The molecule has 0 spiro atoms. The van der Waals surface area contributed by atoms with E-state index in [1.54, 1.807) is 0 Å². The van der Waals surface area contributed by atoms with Crippen LogP contribution < -0.4 is 0 Å². The Hall–Kier alpha value is -1.27. The topological polar surface area (TPSA) is 35.5 Å². The van der Waals surface area contributed by atoms with Crippen LogP contribution in [0.2, 0.25) is 0 Å². The summed E-state index contributed by atoms with van der Waals surface area (Å²) in [6.07, 6.45) is 2.69. The number of ether oxygens (including phenoxy) is 2. The van der Waals surface area contributed by atoms with Gasteiger partial charge in [0.2, 0.25) is 0 Å². The van der Waals surface area contributed by atoms with Gasteiger partial charge in [0, 0.05) is 17.9 Å². The Morgan fingerprint density at radius 3 is 2.93 bits per heavy atom. The molecule has 1 rings (SSSR count). The number of methoxy groups -OCH3 is 1. The highest BCUT2D eigenvalue weighted by Crippen LogP contribution is 2.21. The summed E-state index contributed by atoms with van der Waals surface area (Å²) in [6.45, 7) is 4.58. The highest BCUT2D eigenvalue weighted by molar-refractivity contribution is 5.88. The van der Waals surface area contributed by atoms with E-state index in [4.69, 9.17) is 4.74 Å². The minimum absolute atomic E-state index is 0.279. The third-order valence-corrected chi connectivity index (χ3v) is 1.88. The average Bonchev–Trinajstić information content (AvgIpc) is 2.12. The standard InChI is InChI=1S/C11H14O3/c1-11(2)8-9(6-7-14-11)4-5-10(12)13-3/h8H,6-7H2,1-3H3. The number of rotatable bonds is 0. The summed E-state index contributed by atoms with van der Waals surface area (Å²) in [5, 5.41) is 0. The van der Waals surface area contributed by atoms with Crippen molar-refractivity contribution in [2.45, 2.75) is 25.9 Å². The van der Waals surface area contributed by atoms with Crippen LogP contribution in [0.5, 0.6) is 0 Å². The molecule has 0 aliphatic carbocycles. The van der Waals surface area contributed by atoms with E-state index < -0.39 is 5.97 Å². The van der Waals surface area contributed by atoms with Crippen LogP contribution in [0.1, 0.15) is 20.3 Å². The zero-order chi connectivity index (χ0) is 10.6. The number of carbonyl (C=O) groups is 1. The Kier molecular flexibility index (Phi) is 3.32. The molecule has 0 bridgehead atoms. The molecule has 3 nitrogen and oxygen atoms in total. The van der Waals surface area contributed by atoms with Crippen LogP contribution in [0.15, 0.2) is 11.6 Å². The fourth-order valence-corrected chi connectivity index (χ4v) is 1.24. The number of carbonyl (C=O) groups excluding carboxylic acids is 1. The Bertz CT molecular complexity index is 315. The van der Waals surface area contributed by atoms with E-state index in [9.17, 15) is 4.79 Å². The molecule has 0 atom stereocenters. The fraction of sp³-hybridized carbons (Fsp3) is 0.545. The lowest BCUT2D eigenvalue weighted by Crippen LogP contribution is -2.26. The maximum Gasteiger partial charge on any atom is 0.384 e. The van der Waals surface area contributed by atoms with Gasteiger partial charge in [0.05, 0.1) is 19.3 Å². The molecular weight excluding hydrogens is 180 g/mol. The SMILES string of the molecule is COC(=O)C#CC1=CC(C)(C)OCC1. The normalized spacial score (nSPS) is 18.9. The number of hydrogen-bond acceptors (Lipinski definition) is 3. The maximum atomic E-state index is 10.8. The van der Waals surface area contributed by atoms with Crippen molar-refractivity contribution in [3.05, 3.63) is 11.6 Å². The summed E-state index contributed by atoms with van der Waals surface area (Å²) >= 11 is 0. The van der Waals surface area contributed by atoms with E-state index >= 15 is 0 Å². The van der Waals surface area contributed by atoms with Gasteiger partial charge < -0.3 is 9.47 Å². The number of hydrogen-bond donors (Lipinski definition) is 0. The van der Waals surface area contributed by atoms with Crippen molar-refractivity contribution in [2.75, 3.05) is 13.7 Å². The molecule has 0 amide bonds.